The second kappa shape index (κ2) is 19.5. The molecule has 0 amide bonds. The normalized spacial score (nSPS) is 11.1. The summed E-state index contributed by atoms with van der Waals surface area (Å²) in [4.78, 5) is 15.4. The van der Waals surface area contributed by atoms with Crippen molar-refractivity contribution in [2.75, 3.05) is 0 Å². The maximum Gasteiger partial charge on any atom is 3.00 e. The zero-order valence-corrected chi connectivity index (χ0v) is 29.4. The van der Waals surface area contributed by atoms with E-state index in [0.717, 1.165) is 72.7 Å². The van der Waals surface area contributed by atoms with E-state index in [1.54, 1.807) is 0 Å². The van der Waals surface area contributed by atoms with Gasteiger partial charge in [-0.15, -0.1) is 0 Å². The van der Waals surface area contributed by atoms with Crippen molar-refractivity contribution in [3.8, 4) is 0 Å². The van der Waals surface area contributed by atoms with Crippen molar-refractivity contribution >= 4 is 22.8 Å². The summed E-state index contributed by atoms with van der Waals surface area (Å²) in [6.07, 6.45) is 5.99. The van der Waals surface area contributed by atoms with E-state index in [0.29, 0.717) is 0 Å². The van der Waals surface area contributed by atoms with Crippen molar-refractivity contribution < 1.29 is 54.3 Å². The number of nitrogens with zero attached hydrogens (tertiary/aromatic N) is 3. The molecule has 0 spiro atoms. The van der Waals surface area contributed by atoms with Gasteiger partial charge in [-0.05, 0) is 110 Å². The topological polar surface area (TPSA) is 37.6 Å². The van der Waals surface area contributed by atoms with Crippen molar-refractivity contribution in [1.29, 1.82) is 0 Å². The van der Waals surface area contributed by atoms with Gasteiger partial charge in [-0.2, -0.15) is 0 Å². The van der Waals surface area contributed by atoms with Crippen LogP contribution in [-0.4, -0.2) is 16.4 Å². The number of aliphatic imine (C=N–C) groups is 2. The number of benzene rings is 2. The molecule has 3 aromatic rings. The Balaban J connectivity index is 0. The third-order valence-electron chi connectivity index (χ3n) is 7.27. The maximum absolute atomic E-state index is 5.16. The molecule has 0 aliphatic rings. The Hall–Kier alpha value is -1.68. The first-order valence-electron chi connectivity index (χ1n) is 14.2. The predicted molar refractivity (Wildman–Crippen MR) is 162 cm³/mol. The molecule has 0 bridgehead atoms. The number of aromatic nitrogens is 1. The monoisotopic (exact) mass is 656 g/mol. The van der Waals surface area contributed by atoms with Crippen LogP contribution in [0.25, 0.3) is 0 Å². The molecular weight excluding hydrogens is 613 g/mol. The summed E-state index contributed by atoms with van der Waals surface area (Å²) in [5.41, 5.74) is 15.2. The van der Waals surface area contributed by atoms with Gasteiger partial charge in [0, 0.05) is 0 Å². The van der Waals surface area contributed by atoms with Gasteiger partial charge in [-0.3, -0.25) is 9.98 Å². The molecule has 7 heteroatoms. The summed E-state index contributed by atoms with van der Waals surface area (Å²) in [7, 11) is 0. The van der Waals surface area contributed by atoms with E-state index in [1.807, 2.05) is 0 Å². The standard InChI is InChI=1S/C34H45N3.3ClH.Fe/c1-10-25-18-27(12-3)33(28(13-4)19-25)35-23(8)31-16-22(7)17-32(37-31)24(9)36-34-29(14-5)20-26(11-2)21-30(34)15-6;;;;/h16-21H,10-15H2,1-9H3;3*1H;/q;;;;+3/p-3. The van der Waals surface area contributed by atoms with Crippen LogP contribution in [0.3, 0.4) is 0 Å². The average molecular weight is 658 g/mol. The van der Waals surface area contributed by atoms with E-state index in [1.165, 1.54) is 38.9 Å². The van der Waals surface area contributed by atoms with Crippen LogP contribution in [-0.2, 0) is 55.6 Å². The molecule has 0 fully saturated rings. The van der Waals surface area contributed by atoms with Gasteiger partial charge in [-0.25, -0.2) is 4.98 Å². The third kappa shape index (κ3) is 10.2. The molecule has 1 heterocycles. The summed E-state index contributed by atoms with van der Waals surface area (Å²) in [6, 6.07) is 13.5. The van der Waals surface area contributed by atoms with Gasteiger partial charge >= 0.3 is 17.1 Å². The molecular formula is C34H45Cl3FeN3. The molecule has 3 rings (SSSR count). The van der Waals surface area contributed by atoms with Crippen LogP contribution in [0.4, 0.5) is 11.4 Å². The van der Waals surface area contributed by atoms with Crippen molar-refractivity contribution in [3.63, 3.8) is 0 Å². The van der Waals surface area contributed by atoms with E-state index < -0.39 is 0 Å². The molecule has 0 saturated heterocycles. The Morgan fingerprint density at radius 2 is 0.829 bits per heavy atom. The molecule has 0 aliphatic carbocycles. The quantitative estimate of drug-likeness (QED) is 0.225. The van der Waals surface area contributed by atoms with Crippen molar-refractivity contribution in [2.45, 2.75) is 101 Å². The van der Waals surface area contributed by atoms with Crippen LogP contribution in [0.5, 0.6) is 0 Å². The van der Waals surface area contributed by atoms with Crippen molar-refractivity contribution in [2.24, 2.45) is 9.98 Å². The van der Waals surface area contributed by atoms with Gasteiger partial charge in [0.2, 0.25) is 0 Å². The van der Waals surface area contributed by atoms with Crippen LogP contribution in [0.2, 0.25) is 0 Å². The molecule has 1 aromatic heterocycles. The first-order valence-corrected chi connectivity index (χ1v) is 14.2. The zero-order chi connectivity index (χ0) is 27.1. The summed E-state index contributed by atoms with van der Waals surface area (Å²) in [5.74, 6) is 0. The Morgan fingerprint density at radius 3 is 1.07 bits per heavy atom. The molecule has 225 valence electrons. The minimum atomic E-state index is 0. The zero-order valence-electron chi connectivity index (χ0n) is 26.0. The number of hydrogen-bond donors (Lipinski definition) is 0. The molecule has 0 aliphatic heterocycles. The fraction of sp³-hybridized carbons (Fsp3) is 0.441. The van der Waals surface area contributed by atoms with Gasteiger partial charge < -0.3 is 37.2 Å². The molecule has 0 N–H and O–H groups in total. The largest absolute Gasteiger partial charge is 3.00 e. The molecule has 0 unspecified atom stereocenters. The Morgan fingerprint density at radius 1 is 0.537 bits per heavy atom. The van der Waals surface area contributed by atoms with E-state index in [9.17, 15) is 0 Å². The van der Waals surface area contributed by atoms with E-state index >= 15 is 0 Å². The van der Waals surface area contributed by atoms with Crippen LogP contribution >= 0.6 is 0 Å². The molecule has 2 aromatic carbocycles. The van der Waals surface area contributed by atoms with Crippen LogP contribution in [0.1, 0.15) is 106 Å². The number of aryl methyl sites for hydroxylation is 7. The van der Waals surface area contributed by atoms with Gasteiger partial charge in [0.25, 0.3) is 0 Å². The Bertz CT molecular complexity index is 1190. The van der Waals surface area contributed by atoms with Crippen LogP contribution in [0.15, 0.2) is 46.4 Å². The van der Waals surface area contributed by atoms with Crippen molar-refractivity contribution in [1.82, 2.24) is 4.98 Å². The van der Waals surface area contributed by atoms with E-state index in [-0.39, 0.29) is 54.3 Å². The maximum atomic E-state index is 5.16. The number of rotatable bonds is 10. The molecule has 0 atom stereocenters. The average Bonchev–Trinajstić information content (AvgIpc) is 2.92. The fourth-order valence-electron chi connectivity index (χ4n) is 4.93. The second-order valence-corrected chi connectivity index (χ2v) is 9.96. The molecule has 1 radical (unpaired) electrons. The second-order valence-electron chi connectivity index (χ2n) is 9.96. The van der Waals surface area contributed by atoms with E-state index in [2.05, 4.69) is 98.7 Å². The fourth-order valence-corrected chi connectivity index (χ4v) is 4.93. The van der Waals surface area contributed by atoms with Crippen LogP contribution in [0, 0.1) is 6.92 Å². The first kappa shape index (κ1) is 41.5. The summed E-state index contributed by atoms with van der Waals surface area (Å²) in [6.45, 7) is 19.6. The summed E-state index contributed by atoms with van der Waals surface area (Å²) < 4.78 is 0. The summed E-state index contributed by atoms with van der Waals surface area (Å²) in [5, 5.41) is 0. The molecule has 0 saturated carbocycles. The number of pyridine rings is 1. The molecule has 41 heavy (non-hydrogen) atoms. The number of halogens is 3. The van der Waals surface area contributed by atoms with Crippen molar-refractivity contribution in [3.05, 3.63) is 86.7 Å². The van der Waals surface area contributed by atoms with Gasteiger partial charge in [0.1, 0.15) is 0 Å². The summed E-state index contributed by atoms with van der Waals surface area (Å²) >= 11 is 0. The first-order chi connectivity index (χ1) is 17.8. The van der Waals surface area contributed by atoms with Crippen LogP contribution < -0.4 is 37.2 Å². The number of hydrogen-bond acceptors (Lipinski definition) is 3. The Kier molecular flexibility index (Phi) is 19.7. The Labute approximate surface area is 278 Å². The van der Waals surface area contributed by atoms with Gasteiger partial charge in [-0.1, -0.05) is 65.8 Å². The van der Waals surface area contributed by atoms with Gasteiger partial charge in [0.05, 0.1) is 34.2 Å². The SMILES string of the molecule is CCc1cc(CC)c(N=C(C)c2cc(C)cc(C(C)=Nc3c(CC)cc(CC)cc3CC)n2)c(CC)c1.[Cl-].[Cl-].[Cl-].[Fe+3]. The minimum absolute atomic E-state index is 0. The minimum Gasteiger partial charge on any atom is -1.00 e. The van der Waals surface area contributed by atoms with E-state index in [4.69, 9.17) is 15.0 Å². The third-order valence-corrected chi connectivity index (χ3v) is 7.27. The predicted octanol–water partition coefficient (Wildman–Crippen LogP) is 0.0553. The molecule has 3 nitrogen and oxygen atoms in total. The smallest absolute Gasteiger partial charge is 1.00 e. The van der Waals surface area contributed by atoms with Gasteiger partial charge in [0.15, 0.2) is 0 Å².